The molecule has 3 atom stereocenters. The fraction of sp³-hybridized carbons (Fsp3) is 1.00. The van der Waals surface area contributed by atoms with Crippen LogP contribution in [-0.4, -0.2) is 28.8 Å². The highest BCUT2D eigenvalue weighted by atomic mass is 16.3. The van der Waals surface area contributed by atoms with E-state index in [0.29, 0.717) is 6.04 Å². The molecular weight excluding hydrogens is 186 g/mol. The Morgan fingerprint density at radius 2 is 1.87 bits per heavy atom. The van der Waals surface area contributed by atoms with Gasteiger partial charge >= 0.3 is 0 Å². The summed E-state index contributed by atoms with van der Waals surface area (Å²) >= 11 is 0. The summed E-state index contributed by atoms with van der Waals surface area (Å²) in [4.78, 5) is 2.31. The zero-order valence-electron chi connectivity index (χ0n) is 10.6. The number of rotatable bonds is 5. The van der Waals surface area contributed by atoms with Crippen molar-refractivity contribution in [1.82, 2.24) is 4.90 Å². The van der Waals surface area contributed by atoms with E-state index in [1.807, 2.05) is 0 Å². The van der Waals surface area contributed by atoms with Gasteiger partial charge in [0.15, 0.2) is 0 Å². The molecule has 1 aliphatic carbocycles. The van der Waals surface area contributed by atoms with Crippen LogP contribution in [-0.2, 0) is 0 Å². The number of hydrogen-bond donors (Lipinski definition) is 1. The molecule has 0 aromatic carbocycles. The van der Waals surface area contributed by atoms with Gasteiger partial charge in [0, 0.05) is 6.04 Å². The lowest BCUT2D eigenvalue weighted by Gasteiger charge is -2.41. The van der Waals surface area contributed by atoms with Crippen molar-refractivity contribution in [3.05, 3.63) is 0 Å². The summed E-state index contributed by atoms with van der Waals surface area (Å²) in [5.74, 6) is 0.805. The van der Waals surface area contributed by atoms with Gasteiger partial charge in [0.2, 0.25) is 0 Å². The molecule has 2 nitrogen and oxygen atoms in total. The summed E-state index contributed by atoms with van der Waals surface area (Å²) in [6, 6.07) is 0.628. The summed E-state index contributed by atoms with van der Waals surface area (Å²) in [7, 11) is 0. The predicted octanol–water partition coefficient (Wildman–Crippen LogP) is 3.01. The lowest BCUT2D eigenvalue weighted by Crippen LogP contribution is -2.47. The van der Waals surface area contributed by atoms with Gasteiger partial charge in [-0.3, -0.25) is 4.90 Å². The maximum atomic E-state index is 10.0. The van der Waals surface area contributed by atoms with Crippen molar-refractivity contribution in [2.45, 2.75) is 71.6 Å². The third kappa shape index (κ3) is 3.18. The number of aliphatic hydroxyl groups excluding tert-OH is 1. The zero-order valence-corrected chi connectivity index (χ0v) is 10.6. The molecule has 1 rings (SSSR count). The maximum absolute atomic E-state index is 10.0. The summed E-state index contributed by atoms with van der Waals surface area (Å²) in [5, 5.41) is 10.0. The SMILES string of the molecule is CCC1CCCCC1N(CC)C(O)CC. The number of aliphatic hydroxyl groups is 1. The first-order chi connectivity index (χ1) is 7.24. The van der Waals surface area contributed by atoms with Gasteiger partial charge < -0.3 is 5.11 Å². The molecule has 0 aromatic rings. The summed E-state index contributed by atoms with van der Waals surface area (Å²) in [6.45, 7) is 7.50. The van der Waals surface area contributed by atoms with E-state index < -0.39 is 0 Å². The predicted molar refractivity (Wildman–Crippen MR) is 64.7 cm³/mol. The highest BCUT2D eigenvalue weighted by Gasteiger charge is 2.30. The van der Waals surface area contributed by atoms with Crippen LogP contribution in [0.5, 0.6) is 0 Å². The van der Waals surface area contributed by atoms with E-state index in [9.17, 15) is 5.11 Å². The van der Waals surface area contributed by atoms with E-state index in [-0.39, 0.29) is 6.23 Å². The minimum absolute atomic E-state index is 0.229. The van der Waals surface area contributed by atoms with Gasteiger partial charge in [-0.1, -0.05) is 40.0 Å². The fourth-order valence-corrected chi connectivity index (χ4v) is 3.00. The Bertz CT molecular complexity index is 172. The van der Waals surface area contributed by atoms with Crippen molar-refractivity contribution in [3.8, 4) is 0 Å². The molecule has 1 fully saturated rings. The van der Waals surface area contributed by atoms with E-state index >= 15 is 0 Å². The molecule has 0 amide bonds. The van der Waals surface area contributed by atoms with Crippen LogP contribution in [0.25, 0.3) is 0 Å². The van der Waals surface area contributed by atoms with Crippen molar-refractivity contribution in [3.63, 3.8) is 0 Å². The first-order valence-corrected chi connectivity index (χ1v) is 6.68. The van der Waals surface area contributed by atoms with E-state index in [0.717, 1.165) is 18.9 Å². The number of hydrogen-bond acceptors (Lipinski definition) is 2. The Hall–Kier alpha value is -0.0800. The van der Waals surface area contributed by atoms with Crippen LogP contribution in [0.3, 0.4) is 0 Å². The normalized spacial score (nSPS) is 29.4. The van der Waals surface area contributed by atoms with Crippen LogP contribution < -0.4 is 0 Å². The van der Waals surface area contributed by atoms with Gasteiger partial charge in [0.1, 0.15) is 6.23 Å². The van der Waals surface area contributed by atoms with E-state index in [1.165, 1.54) is 32.1 Å². The van der Waals surface area contributed by atoms with Crippen LogP contribution in [0.2, 0.25) is 0 Å². The van der Waals surface area contributed by atoms with Gasteiger partial charge in [-0.25, -0.2) is 0 Å². The molecule has 0 heterocycles. The standard InChI is InChI=1S/C13H27NO/c1-4-11-9-7-8-10-12(11)14(6-3)13(15)5-2/h11-13,15H,4-10H2,1-3H3. The second-order valence-corrected chi connectivity index (χ2v) is 4.74. The van der Waals surface area contributed by atoms with Gasteiger partial charge in [-0.15, -0.1) is 0 Å². The lowest BCUT2D eigenvalue weighted by atomic mass is 9.81. The van der Waals surface area contributed by atoms with E-state index in [1.54, 1.807) is 0 Å². The van der Waals surface area contributed by atoms with Crippen LogP contribution in [0.4, 0.5) is 0 Å². The Labute approximate surface area is 94.7 Å². The molecule has 0 aromatic heterocycles. The zero-order chi connectivity index (χ0) is 11.3. The van der Waals surface area contributed by atoms with Crippen molar-refractivity contribution >= 4 is 0 Å². The number of nitrogens with zero attached hydrogens (tertiary/aromatic N) is 1. The molecule has 0 saturated heterocycles. The minimum Gasteiger partial charge on any atom is -0.378 e. The Morgan fingerprint density at radius 3 is 2.40 bits per heavy atom. The molecule has 15 heavy (non-hydrogen) atoms. The summed E-state index contributed by atoms with van der Waals surface area (Å²) < 4.78 is 0. The topological polar surface area (TPSA) is 23.5 Å². The average molecular weight is 213 g/mol. The van der Waals surface area contributed by atoms with Gasteiger partial charge in [0.25, 0.3) is 0 Å². The van der Waals surface area contributed by atoms with Crippen LogP contribution in [0.1, 0.15) is 59.3 Å². The third-order valence-corrected chi connectivity index (χ3v) is 3.93. The second kappa shape index (κ2) is 6.49. The first-order valence-electron chi connectivity index (χ1n) is 6.68. The minimum atomic E-state index is -0.229. The highest BCUT2D eigenvalue weighted by Crippen LogP contribution is 2.31. The quantitative estimate of drug-likeness (QED) is 0.710. The highest BCUT2D eigenvalue weighted by molar-refractivity contribution is 4.83. The molecule has 1 saturated carbocycles. The molecular formula is C13H27NO. The molecule has 0 aliphatic heterocycles. The fourth-order valence-electron chi connectivity index (χ4n) is 3.00. The van der Waals surface area contributed by atoms with E-state index in [2.05, 4.69) is 25.7 Å². The Morgan fingerprint density at radius 1 is 1.20 bits per heavy atom. The van der Waals surface area contributed by atoms with Crippen molar-refractivity contribution in [1.29, 1.82) is 0 Å². The smallest absolute Gasteiger partial charge is 0.107 e. The van der Waals surface area contributed by atoms with Crippen LogP contribution >= 0.6 is 0 Å². The van der Waals surface area contributed by atoms with Gasteiger partial charge in [-0.2, -0.15) is 0 Å². The molecule has 90 valence electrons. The molecule has 0 radical (unpaired) electrons. The summed E-state index contributed by atoms with van der Waals surface area (Å²) in [6.07, 6.45) is 7.24. The van der Waals surface area contributed by atoms with Crippen molar-refractivity contribution < 1.29 is 5.11 Å². The van der Waals surface area contributed by atoms with Gasteiger partial charge in [0.05, 0.1) is 0 Å². The molecule has 2 heteroatoms. The molecule has 1 N–H and O–H groups in total. The summed E-state index contributed by atoms with van der Waals surface area (Å²) in [5.41, 5.74) is 0. The average Bonchev–Trinajstić information content (AvgIpc) is 2.30. The third-order valence-electron chi connectivity index (χ3n) is 3.93. The molecule has 3 unspecified atom stereocenters. The lowest BCUT2D eigenvalue weighted by molar-refractivity contribution is -0.0501. The largest absolute Gasteiger partial charge is 0.378 e. The Kier molecular flexibility index (Phi) is 5.62. The van der Waals surface area contributed by atoms with Crippen molar-refractivity contribution in [2.24, 2.45) is 5.92 Å². The van der Waals surface area contributed by atoms with Crippen LogP contribution in [0, 0.1) is 5.92 Å². The van der Waals surface area contributed by atoms with Crippen molar-refractivity contribution in [2.75, 3.05) is 6.54 Å². The first kappa shape index (κ1) is 13.0. The van der Waals surface area contributed by atoms with Crippen LogP contribution in [0.15, 0.2) is 0 Å². The van der Waals surface area contributed by atoms with Gasteiger partial charge in [-0.05, 0) is 31.7 Å². The molecule has 0 spiro atoms. The Balaban J connectivity index is 2.63. The molecule has 1 aliphatic rings. The maximum Gasteiger partial charge on any atom is 0.107 e. The molecule has 0 bridgehead atoms. The van der Waals surface area contributed by atoms with E-state index in [4.69, 9.17) is 0 Å². The second-order valence-electron chi connectivity index (χ2n) is 4.74. The monoisotopic (exact) mass is 213 g/mol.